The van der Waals surface area contributed by atoms with Crippen molar-refractivity contribution < 1.29 is 132 Å². The number of likely N-dealkylation sites (tertiary alicyclic amines) is 1. The highest BCUT2D eigenvalue weighted by Crippen LogP contribution is 2.22. The highest BCUT2D eigenvalue weighted by atomic mass is 16.4. The monoisotopic (exact) mass is 1750 g/mol. The number of phenolic OH excluding ortho intramolecular Hbond substituents is 1. The maximum Gasteiger partial charge on any atom is 0.328 e. The number of unbranched alkanes of at least 4 members (excludes halogenated alkanes) is 2. The first-order valence-electron chi connectivity index (χ1n) is 40.0. The van der Waals surface area contributed by atoms with Gasteiger partial charge in [0.15, 0.2) is 0 Å². The average Bonchev–Trinajstić information content (AvgIpc) is 1.66. The molecule has 1 aromatic heterocycles. The number of nitrogens with one attached hydrogen (secondary N) is 15. The summed E-state index contributed by atoms with van der Waals surface area (Å²) in [5.41, 5.74) is 23.2. The highest BCUT2D eigenvalue weighted by Gasteiger charge is 2.43. The maximum absolute atomic E-state index is 14.7. The summed E-state index contributed by atoms with van der Waals surface area (Å²) in [6.07, 6.45) is -2.54. The van der Waals surface area contributed by atoms with E-state index in [1.54, 1.807) is 27.7 Å². The van der Waals surface area contributed by atoms with Crippen LogP contribution in [0, 0.1) is 11.8 Å². The van der Waals surface area contributed by atoms with Gasteiger partial charge >= 0.3 is 11.9 Å². The number of H-pyrrole nitrogens is 1. The van der Waals surface area contributed by atoms with Gasteiger partial charge in [0.25, 0.3) is 0 Å². The number of aromatic hydroxyl groups is 1. The molecule has 0 spiro atoms. The quantitative estimate of drug-likeness (QED) is 0.0274. The molecule has 1 saturated heterocycles. The molecular formula is C75H121N21O27. The van der Waals surface area contributed by atoms with E-state index in [0.29, 0.717) is 6.42 Å². The molecule has 0 unspecified atom stereocenters. The van der Waals surface area contributed by atoms with Gasteiger partial charge in [-0.2, -0.15) is 0 Å². The summed E-state index contributed by atoms with van der Waals surface area (Å²) in [5.74, 6) is -21.7. The number of carbonyl (C=O) groups is 18. The lowest BCUT2D eigenvalue weighted by molar-refractivity contribution is -0.145. The summed E-state index contributed by atoms with van der Waals surface area (Å²) >= 11 is 0. The molecule has 2 aromatic rings. The Morgan fingerprint density at radius 1 is 0.512 bits per heavy atom. The molecule has 48 heteroatoms. The first-order valence-corrected chi connectivity index (χ1v) is 40.0. The van der Waals surface area contributed by atoms with Crippen molar-refractivity contribution in [3.05, 3.63) is 48.0 Å². The zero-order chi connectivity index (χ0) is 92.5. The van der Waals surface area contributed by atoms with Crippen LogP contribution in [0.3, 0.4) is 0 Å². The van der Waals surface area contributed by atoms with Crippen LogP contribution in [0.1, 0.15) is 136 Å². The van der Waals surface area contributed by atoms with Crippen LogP contribution in [0.15, 0.2) is 36.8 Å². The SMILES string of the molecule is CC[C@H](C)[C@H](NC(=O)[C@@H](N)CCC(=O)O)C(=O)N[C@@H](CC(N)=O)C(=O)N[C@@H](Cc1cnc[nH]1)C(=O)N[C@@H](CO)C(=O)NCC(=O)N[C@@H](CO)C(=O)N[C@H](C(=O)N[C@@H](CCCCN)C(=O)N[C@@H](Cc1ccc(O)cc1)C(=O)N[C@H](C(=O)N1CCC[C@H]1C(=O)N[C@@H](CO)C(=O)N[C@@H](CC(C)C)C(=O)N[C@@H](CCCCN)C(=O)N[C@@H](CO)C(=O)O)[C@@H](C)O)[C@@H](C)O. The number of aliphatic hydroxyl groups is 6. The van der Waals surface area contributed by atoms with Crippen molar-refractivity contribution in [2.24, 2.45) is 34.8 Å². The van der Waals surface area contributed by atoms with Gasteiger partial charge in [-0.15, -0.1) is 0 Å². The number of imidazole rings is 1. The summed E-state index contributed by atoms with van der Waals surface area (Å²) in [6, 6.07) is -19.9. The molecule has 1 aromatic carbocycles. The zero-order valence-electron chi connectivity index (χ0n) is 69.3. The number of nitrogens with zero attached hydrogens (tertiary/aromatic N) is 2. The first kappa shape index (κ1) is 106. The normalized spacial score (nSPS) is 16.6. The topological polar surface area (TPSA) is 794 Å². The lowest BCUT2D eigenvalue weighted by atomic mass is 9.97. The third-order valence-electron chi connectivity index (χ3n) is 19.6. The lowest BCUT2D eigenvalue weighted by Crippen LogP contribution is -2.63. The van der Waals surface area contributed by atoms with Crippen LogP contribution in [-0.4, -0.2) is 323 Å². The third-order valence-corrected chi connectivity index (χ3v) is 19.6. The molecule has 18 atom stereocenters. The maximum atomic E-state index is 14.7. The Morgan fingerprint density at radius 3 is 1.47 bits per heavy atom. The number of aromatic amines is 1. The van der Waals surface area contributed by atoms with E-state index in [1.165, 1.54) is 36.8 Å². The van der Waals surface area contributed by atoms with Gasteiger partial charge in [-0.05, 0) is 121 Å². The Morgan fingerprint density at radius 2 is 0.959 bits per heavy atom. The molecule has 1 aliphatic rings. The van der Waals surface area contributed by atoms with Gasteiger partial charge in [0.1, 0.15) is 90.3 Å². The van der Waals surface area contributed by atoms with E-state index < -0.39 is 274 Å². The number of amides is 16. The standard InChI is InChI=1S/C75H121N21O27/c1-7-37(4)58(93-61(108)43(78)20-21-57(106)107)72(119)89-49(28-55(79)104)67(114)88-48(27-41-29-80-35-82-41)66(113)90-50(31-97)62(109)81-30-56(105)83-51(32-98)70(117)94-59(38(5)101)73(120)85-45(14-9-11-23-77)63(110)87-47(26-40-16-18-42(103)19-17-40)68(115)95-60(39(6)102)74(121)96-24-12-15-54(96)71(118)91-52(33-99)69(116)86-46(25-36(2)3)65(112)84-44(13-8-10-22-76)64(111)92-53(34-100)75(122)123/h16-19,29,35-39,43-54,58-60,97-103H,7-15,20-28,30-34,76-78H2,1-6H3,(H2,79,104)(H,80,82)(H,81,109)(H,83,105)(H,84,112)(H,85,120)(H,86,116)(H,87,110)(H,88,114)(H,89,119)(H,90,113)(H,91,118)(H,92,111)(H,93,108)(H,94,117)(H,95,115)(H,106,107)(H,122,123)/t37-,38+,39+,43-,44-,45-,46-,47-,48-,49-,50-,51-,52-,53-,54-,58-,59-,60-/m0/s1. The van der Waals surface area contributed by atoms with Crippen molar-refractivity contribution in [2.45, 2.75) is 241 Å². The molecule has 0 bridgehead atoms. The van der Waals surface area contributed by atoms with Crippen molar-refractivity contribution in [3.8, 4) is 5.75 Å². The number of aliphatic carboxylic acids is 2. The van der Waals surface area contributed by atoms with Gasteiger partial charge in [0, 0.05) is 37.7 Å². The van der Waals surface area contributed by atoms with E-state index in [0.717, 1.165) is 18.7 Å². The molecule has 16 amide bonds. The fourth-order valence-electron chi connectivity index (χ4n) is 12.4. The number of phenols is 1. The molecule has 1 fully saturated rings. The first-order chi connectivity index (χ1) is 58.1. The lowest BCUT2D eigenvalue weighted by Gasteiger charge is -2.32. The molecule has 48 nitrogen and oxygen atoms in total. The van der Waals surface area contributed by atoms with Crippen molar-refractivity contribution in [1.29, 1.82) is 0 Å². The summed E-state index contributed by atoms with van der Waals surface area (Å²) in [4.78, 5) is 251. The van der Waals surface area contributed by atoms with Gasteiger partial charge in [0.05, 0.1) is 64.0 Å². The Bertz CT molecular complexity index is 3880. The number of aromatic nitrogens is 2. The Hall–Kier alpha value is -11.7. The van der Waals surface area contributed by atoms with Crippen molar-refractivity contribution >= 4 is 106 Å². The summed E-state index contributed by atoms with van der Waals surface area (Å²) in [5, 5.41) is 124. The molecule has 0 radical (unpaired) electrons. The molecule has 123 heavy (non-hydrogen) atoms. The van der Waals surface area contributed by atoms with Crippen LogP contribution in [0.2, 0.25) is 0 Å². The van der Waals surface area contributed by atoms with Gasteiger partial charge in [-0.1, -0.05) is 46.2 Å². The van der Waals surface area contributed by atoms with Crippen LogP contribution in [0.25, 0.3) is 0 Å². The number of carboxylic acids is 2. The second-order valence-electron chi connectivity index (χ2n) is 30.0. The smallest absolute Gasteiger partial charge is 0.328 e. The molecule has 688 valence electrons. The molecule has 1 aliphatic heterocycles. The van der Waals surface area contributed by atoms with E-state index in [9.17, 15) is 127 Å². The van der Waals surface area contributed by atoms with Crippen molar-refractivity contribution in [2.75, 3.05) is 52.6 Å². The zero-order valence-corrected chi connectivity index (χ0v) is 69.3. The molecule has 2 heterocycles. The molecule has 0 aliphatic carbocycles. The van der Waals surface area contributed by atoms with Gasteiger partial charge in [-0.25, -0.2) is 9.78 Å². The van der Waals surface area contributed by atoms with E-state index in [4.69, 9.17) is 28.0 Å². The fourth-order valence-corrected chi connectivity index (χ4v) is 12.4. The number of carboxylic acid groups (broad SMARTS) is 2. The van der Waals surface area contributed by atoms with E-state index >= 15 is 0 Å². The van der Waals surface area contributed by atoms with E-state index in [1.807, 2.05) is 0 Å². The minimum atomic E-state index is -2.00. The number of benzene rings is 1. The van der Waals surface area contributed by atoms with E-state index in [-0.39, 0.29) is 107 Å². The van der Waals surface area contributed by atoms with Crippen LogP contribution in [0.4, 0.5) is 0 Å². The van der Waals surface area contributed by atoms with Gasteiger partial charge < -0.3 is 153 Å². The third kappa shape index (κ3) is 36.1. The second-order valence-corrected chi connectivity index (χ2v) is 30.0. The number of primary amides is 1. The Kier molecular flexibility index (Phi) is 46.3. The molecule has 3 rings (SSSR count). The predicted octanol–water partition coefficient (Wildman–Crippen LogP) is -11.5. The average molecular weight is 1750 g/mol. The minimum absolute atomic E-state index is 0.0360. The Labute approximate surface area is 707 Å². The van der Waals surface area contributed by atoms with E-state index in [2.05, 4.69) is 84.4 Å². The van der Waals surface area contributed by atoms with Crippen LogP contribution in [0.5, 0.6) is 5.75 Å². The number of nitrogens with two attached hydrogens (primary N) is 4. The van der Waals surface area contributed by atoms with Crippen molar-refractivity contribution in [3.63, 3.8) is 0 Å². The van der Waals surface area contributed by atoms with Gasteiger partial charge in [0.2, 0.25) is 94.5 Å². The summed E-state index contributed by atoms with van der Waals surface area (Å²) in [6.45, 7) is 3.44. The molecular weight excluding hydrogens is 1630 g/mol. The highest BCUT2D eigenvalue weighted by molar-refractivity contribution is 6.01. The van der Waals surface area contributed by atoms with Crippen LogP contribution >= 0.6 is 0 Å². The van der Waals surface area contributed by atoms with Crippen LogP contribution < -0.4 is 97.4 Å². The number of aliphatic hydroxyl groups excluding tert-OH is 6. The minimum Gasteiger partial charge on any atom is -0.508 e. The number of hydrogen-bond acceptors (Lipinski definition) is 29. The van der Waals surface area contributed by atoms with Gasteiger partial charge in [-0.3, -0.25) is 81.5 Å². The number of carbonyl (C=O) groups excluding carboxylic acids is 16. The van der Waals surface area contributed by atoms with Crippen molar-refractivity contribution in [1.82, 2.24) is 89.3 Å². The largest absolute Gasteiger partial charge is 0.508 e. The van der Waals surface area contributed by atoms with Crippen LogP contribution in [-0.2, 0) is 99.1 Å². The fraction of sp³-hybridized carbons (Fsp3) is 0.640. The second kappa shape index (κ2) is 54.0. The number of rotatable bonds is 57. The number of hydrogen-bond donors (Lipinski definition) is 28. The molecule has 32 N–H and O–H groups in total. The predicted molar refractivity (Wildman–Crippen MR) is 430 cm³/mol. The molecule has 0 saturated carbocycles. The summed E-state index contributed by atoms with van der Waals surface area (Å²) in [7, 11) is 0. The Balaban J connectivity index is 1.82. The summed E-state index contributed by atoms with van der Waals surface area (Å²) < 4.78 is 0.